The first-order valence-electron chi connectivity index (χ1n) is 4.41. The molecular weight excluding hydrogens is 228 g/mol. The summed E-state index contributed by atoms with van der Waals surface area (Å²) in [5.41, 5.74) is 0.574. The van der Waals surface area contributed by atoms with Gasteiger partial charge in [0.25, 0.3) is 10.1 Å². The lowest BCUT2D eigenvalue weighted by molar-refractivity contribution is 0.397. The first-order valence-corrected chi connectivity index (χ1v) is 5.82. The summed E-state index contributed by atoms with van der Waals surface area (Å²) in [6.45, 7) is 0. The van der Waals surface area contributed by atoms with Crippen molar-refractivity contribution in [3.63, 3.8) is 0 Å². The van der Waals surface area contributed by atoms with E-state index in [9.17, 15) is 8.42 Å². The zero-order valence-corrected chi connectivity index (χ0v) is 9.21. The summed E-state index contributed by atoms with van der Waals surface area (Å²) in [5.74, 6) is 0. The molecule has 0 saturated carbocycles. The maximum Gasteiger partial charge on any atom is 0.298 e. The monoisotopic (exact) mass is 236 g/mol. The molecule has 0 bridgehead atoms. The van der Waals surface area contributed by atoms with E-state index in [1.807, 2.05) is 6.07 Å². The van der Waals surface area contributed by atoms with Gasteiger partial charge in [-0.25, -0.2) is 0 Å². The van der Waals surface area contributed by atoms with Gasteiger partial charge in [-0.05, 0) is 12.1 Å². The molecule has 2 rings (SSSR count). The number of nitriles is 1. The Morgan fingerprint density at radius 3 is 2.75 bits per heavy atom. The van der Waals surface area contributed by atoms with E-state index < -0.39 is 10.1 Å². The van der Waals surface area contributed by atoms with Crippen LogP contribution in [0.3, 0.4) is 0 Å². The van der Waals surface area contributed by atoms with Crippen molar-refractivity contribution in [2.75, 3.05) is 7.11 Å². The molecule has 82 valence electrons. The van der Waals surface area contributed by atoms with Crippen LogP contribution in [-0.4, -0.2) is 20.5 Å². The average Bonchev–Trinajstić information content (AvgIpc) is 2.75. The summed E-state index contributed by atoms with van der Waals surface area (Å²) >= 11 is 0. The topological polar surface area (TPSA) is 83.0 Å². The lowest BCUT2D eigenvalue weighted by Gasteiger charge is -2.04. The molecule has 0 amide bonds. The van der Waals surface area contributed by atoms with E-state index in [4.69, 9.17) is 5.26 Å². The summed E-state index contributed by atoms with van der Waals surface area (Å²) in [7, 11) is -2.79. The maximum atomic E-state index is 11.6. The Morgan fingerprint density at radius 1 is 1.38 bits per heavy atom. The predicted molar refractivity (Wildman–Crippen MR) is 57.2 cm³/mol. The molecule has 0 aliphatic heterocycles. The standard InChI is InChI=1S/C10H8N2O3S/c1-15-16(13,14)9-3-2-7-4-5-12-10(7)8(9)6-11/h2-5,12H,1H3. The van der Waals surface area contributed by atoms with Crippen molar-refractivity contribution in [2.24, 2.45) is 0 Å². The molecule has 0 spiro atoms. The molecule has 0 radical (unpaired) electrons. The summed E-state index contributed by atoms with van der Waals surface area (Å²) in [6, 6.07) is 6.63. The number of aromatic nitrogens is 1. The minimum absolute atomic E-state index is 0.0735. The van der Waals surface area contributed by atoms with Crippen LogP contribution in [0.2, 0.25) is 0 Å². The van der Waals surface area contributed by atoms with Crippen molar-refractivity contribution >= 4 is 21.0 Å². The SMILES string of the molecule is COS(=O)(=O)c1ccc2cc[nH]c2c1C#N. The van der Waals surface area contributed by atoms with Gasteiger partial charge in [0.1, 0.15) is 11.0 Å². The summed E-state index contributed by atoms with van der Waals surface area (Å²) in [5, 5.41) is 9.79. The van der Waals surface area contributed by atoms with Crippen LogP contribution in [0.1, 0.15) is 5.56 Å². The van der Waals surface area contributed by atoms with E-state index in [0.29, 0.717) is 5.52 Å². The van der Waals surface area contributed by atoms with Crippen LogP contribution >= 0.6 is 0 Å². The molecule has 0 atom stereocenters. The van der Waals surface area contributed by atoms with Crippen molar-refractivity contribution in [1.29, 1.82) is 5.26 Å². The number of hydrogen-bond donors (Lipinski definition) is 1. The second kappa shape index (κ2) is 3.63. The van der Waals surface area contributed by atoms with Crippen LogP contribution in [0.5, 0.6) is 0 Å². The summed E-state index contributed by atoms with van der Waals surface area (Å²) in [6.07, 6.45) is 1.65. The number of nitrogens with zero attached hydrogens (tertiary/aromatic N) is 1. The maximum absolute atomic E-state index is 11.6. The Hall–Kier alpha value is -1.84. The highest BCUT2D eigenvalue weighted by atomic mass is 32.2. The number of hydrogen-bond acceptors (Lipinski definition) is 4. The average molecular weight is 236 g/mol. The molecule has 1 heterocycles. The van der Waals surface area contributed by atoms with Crippen LogP contribution in [0.15, 0.2) is 29.3 Å². The number of H-pyrrole nitrogens is 1. The van der Waals surface area contributed by atoms with Crippen LogP contribution in [0.25, 0.3) is 10.9 Å². The van der Waals surface area contributed by atoms with Crippen LogP contribution in [-0.2, 0) is 14.3 Å². The van der Waals surface area contributed by atoms with Gasteiger partial charge < -0.3 is 4.98 Å². The zero-order valence-electron chi connectivity index (χ0n) is 8.39. The van der Waals surface area contributed by atoms with E-state index in [2.05, 4.69) is 9.17 Å². The van der Waals surface area contributed by atoms with Gasteiger partial charge in [0, 0.05) is 11.6 Å². The molecule has 1 aromatic heterocycles. The van der Waals surface area contributed by atoms with Gasteiger partial charge in [-0.1, -0.05) is 6.07 Å². The van der Waals surface area contributed by atoms with Crippen molar-refractivity contribution in [3.05, 3.63) is 30.0 Å². The Bertz CT molecular complexity index is 680. The molecule has 6 heteroatoms. The third kappa shape index (κ3) is 1.46. The van der Waals surface area contributed by atoms with Gasteiger partial charge in [-0.3, -0.25) is 4.18 Å². The van der Waals surface area contributed by atoms with Gasteiger partial charge >= 0.3 is 0 Å². The molecule has 0 saturated heterocycles. The Labute approximate surface area is 92.4 Å². The van der Waals surface area contributed by atoms with E-state index in [-0.39, 0.29) is 10.5 Å². The number of benzene rings is 1. The fourth-order valence-electron chi connectivity index (χ4n) is 1.52. The fourth-order valence-corrected chi connectivity index (χ4v) is 2.33. The molecule has 16 heavy (non-hydrogen) atoms. The number of rotatable bonds is 2. The smallest absolute Gasteiger partial charge is 0.298 e. The fraction of sp³-hybridized carbons (Fsp3) is 0.100. The van der Waals surface area contributed by atoms with E-state index >= 15 is 0 Å². The highest BCUT2D eigenvalue weighted by molar-refractivity contribution is 7.86. The molecule has 1 aromatic carbocycles. The Balaban J connectivity index is 2.87. The molecule has 0 aliphatic rings. The molecule has 0 fully saturated rings. The van der Waals surface area contributed by atoms with Crippen molar-refractivity contribution in [1.82, 2.24) is 4.98 Å². The van der Waals surface area contributed by atoms with Gasteiger partial charge in [-0.2, -0.15) is 13.7 Å². The van der Waals surface area contributed by atoms with Crippen LogP contribution < -0.4 is 0 Å². The highest BCUT2D eigenvalue weighted by Gasteiger charge is 2.20. The number of nitrogens with one attached hydrogen (secondary N) is 1. The minimum atomic E-state index is -3.85. The van der Waals surface area contributed by atoms with Crippen LogP contribution in [0.4, 0.5) is 0 Å². The van der Waals surface area contributed by atoms with Gasteiger partial charge in [0.2, 0.25) is 0 Å². The molecule has 2 aromatic rings. The third-order valence-electron chi connectivity index (χ3n) is 2.29. The highest BCUT2D eigenvalue weighted by Crippen LogP contribution is 2.24. The Morgan fingerprint density at radius 2 is 2.12 bits per heavy atom. The normalized spacial score (nSPS) is 11.5. The quantitative estimate of drug-likeness (QED) is 0.798. The molecule has 1 N–H and O–H groups in total. The third-order valence-corrected chi connectivity index (χ3v) is 3.61. The van der Waals surface area contributed by atoms with Gasteiger partial charge in [0.15, 0.2) is 0 Å². The zero-order chi connectivity index (χ0) is 11.8. The molecular formula is C10H8N2O3S. The molecule has 5 nitrogen and oxygen atoms in total. The van der Waals surface area contributed by atoms with Gasteiger partial charge in [-0.15, -0.1) is 0 Å². The van der Waals surface area contributed by atoms with Gasteiger partial charge in [0.05, 0.1) is 18.2 Å². The second-order valence-electron chi connectivity index (χ2n) is 3.11. The first kappa shape index (κ1) is 10.7. The molecule has 0 aliphatic carbocycles. The van der Waals surface area contributed by atoms with E-state index in [0.717, 1.165) is 12.5 Å². The van der Waals surface area contributed by atoms with Crippen molar-refractivity contribution < 1.29 is 12.6 Å². The lowest BCUT2D eigenvalue weighted by Crippen LogP contribution is -2.05. The van der Waals surface area contributed by atoms with Crippen LogP contribution in [0, 0.1) is 11.3 Å². The summed E-state index contributed by atoms with van der Waals surface area (Å²) in [4.78, 5) is 2.72. The summed E-state index contributed by atoms with van der Waals surface area (Å²) < 4.78 is 27.5. The minimum Gasteiger partial charge on any atom is -0.360 e. The second-order valence-corrected chi connectivity index (χ2v) is 4.79. The number of fused-ring (bicyclic) bond motifs is 1. The van der Waals surface area contributed by atoms with Crippen molar-refractivity contribution in [3.8, 4) is 6.07 Å². The number of aromatic amines is 1. The van der Waals surface area contributed by atoms with Crippen molar-refractivity contribution in [2.45, 2.75) is 4.90 Å². The first-order chi connectivity index (χ1) is 7.60. The largest absolute Gasteiger partial charge is 0.360 e. The van der Waals surface area contributed by atoms with E-state index in [1.165, 1.54) is 6.07 Å². The lowest BCUT2D eigenvalue weighted by atomic mass is 10.1. The van der Waals surface area contributed by atoms with E-state index in [1.54, 1.807) is 18.3 Å². The predicted octanol–water partition coefficient (Wildman–Crippen LogP) is 1.37. The Kier molecular flexibility index (Phi) is 2.42. The molecule has 0 unspecified atom stereocenters.